The van der Waals surface area contributed by atoms with Gasteiger partial charge in [-0.2, -0.15) is 0 Å². The van der Waals surface area contributed by atoms with Crippen molar-refractivity contribution in [3.63, 3.8) is 0 Å². The molecule has 0 radical (unpaired) electrons. The van der Waals surface area contributed by atoms with Crippen LogP contribution < -0.4 is 0 Å². The number of aliphatic hydroxyl groups excluding tert-OH is 1. The molecule has 0 aliphatic carbocycles. The molecule has 3 unspecified atom stereocenters. The van der Waals surface area contributed by atoms with E-state index in [1.54, 1.807) is 0 Å². The summed E-state index contributed by atoms with van der Waals surface area (Å²) in [5.74, 6) is 0.366. The van der Waals surface area contributed by atoms with E-state index in [-0.39, 0.29) is 25.7 Å². The Bertz CT molecular complexity index is 2030. The number of carbonyl (C=O) groups excluding carboxylic acids is 4. The molecule has 0 aromatic rings. The van der Waals surface area contributed by atoms with E-state index in [2.05, 4.69) is 48.5 Å². The largest absolute Gasteiger partial charge is 0.472 e. The fourth-order valence-corrected chi connectivity index (χ4v) is 14.9. The van der Waals surface area contributed by atoms with Crippen molar-refractivity contribution < 1.29 is 80.2 Å². The van der Waals surface area contributed by atoms with Crippen LogP contribution >= 0.6 is 15.6 Å². The number of esters is 4. The summed E-state index contributed by atoms with van der Waals surface area (Å²) in [6.07, 6.45) is 66.7. The van der Waals surface area contributed by atoms with Crippen LogP contribution in [0.2, 0.25) is 0 Å². The second kappa shape index (κ2) is 76.1. The number of phosphoric acid groups is 2. The molecule has 105 heavy (non-hydrogen) atoms. The zero-order chi connectivity index (χ0) is 77.2. The molecule has 624 valence electrons. The van der Waals surface area contributed by atoms with Crippen molar-refractivity contribution in [2.45, 2.75) is 471 Å². The summed E-state index contributed by atoms with van der Waals surface area (Å²) in [5.41, 5.74) is 0. The zero-order valence-corrected chi connectivity index (χ0v) is 71.0. The third kappa shape index (κ3) is 78.5. The molecule has 0 amide bonds. The first kappa shape index (κ1) is 103. The van der Waals surface area contributed by atoms with Gasteiger partial charge in [0.2, 0.25) is 0 Å². The predicted molar refractivity (Wildman–Crippen MR) is 432 cm³/mol. The molecule has 0 rings (SSSR count). The molecule has 0 heterocycles. The van der Waals surface area contributed by atoms with E-state index in [1.165, 1.54) is 257 Å². The fourth-order valence-electron chi connectivity index (χ4n) is 13.3. The van der Waals surface area contributed by atoms with Crippen LogP contribution in [0, 0.1) is 17.8 Å². The highest BCUT2D eigenvalue weighted by Gasteiger charge is 2.30. The number of phosphoric ester groups is 2. The van der Waals surface area contributed by atoms with Gasteiger partial charge in [-0.1, -0.05) is 402 Å². The zero-order valence-electron chi connectivity index (χ0n) is 69.2. The molecule has 0 aromatic heterocycles. The number of hydrogen-bond acceptors (Lipinski definition) is 15. The van der Waals surface area contributed by atoms with Crippen LogP contribution in [0.1, 0.15) is 453 Å². The normalized spacial score (nSPS) is 14.1. The predicted octanol–water partition coefficient (Wildman–Crippen LogP) is 26.1. The second-order valence-corrected chi connectivity index (χ2v) is 35.0. The second-order valence-electron chi connectivity index (χ2n) is 32.1. The summed E-state index contributed by atoms with van der Waals surface area (Å²) in [6.45, 7) is 12.1. The standard InChI is InChI=1S/C86H168O17P2/c1-8-10-11-12-13-46-53-60-67-83(88)96-73-81(102-85(90)70-63-56-49-42-36-30-24-23-27-33-39-45-52-59-66-79(7)9-2)75-100-104(92,93)98-71-80(87)72-99-105(94,95)101-76-82(74-97-84(89)68-61-54-47-40-34-28-22-18-20-26-32-38-44-51-58-65-78(5)6)103-86(91)69-62-55-48-41-35-29-21-17-15-14-16-19-25-31-37-43-50-57-64-77(3)4/h77-82,87H,8-76H2,1-7H3,(H,92,93)(H,94,95)/t79?,80-,81+,82+/m0/s1. The van der Waals surface area contributed by atoms with Gasteiger partial charge in [0.05, 0.1) is 26.4 Å². The van der Waals surface area contributed by atoms with E-state index in [9.17, 15) is 43.2 Å². The molecule has 0 aliphatic heterocycles. The number of unbranched alkanes of at least 4 members (excludes halogenated alkanes) is 51. The van der Waals surface area contributed by atoms with Crippen molar-refractivity contribution >= 4 is 39.5 Å². The van der Waals surface area contributed by atoms with E-state index in [0.29, 0.717) is 25.7 Å². The summed E-state index contributed by atoms with van der Waals surface area (Å²) in [7, 11) is -9.92. The van der Waals surface area contributed by atoms with Crippen LogP contribution in [0.15, 0.2) is 0 Å². The Hall–Kier alpha value is -1.94. The van der Waals surface area contributed by atoms with Crippen LogP contribution in [-0.4, -0.2) is 96.7 Å². The summed E-state index contributed by atoms with van der Waals surface area (Å²) >= 11 is 0. The van der Waals surface area contributed by atoms with Crippen molar-refractivity contribution in [2.75, 3.05) is 39.6 Å². The third-order valence-corrected chi connectivity index (χ3v) is 22.4. The lowest BCUT2D eigenvalue weighted by Gasteiger charge is -2.21. The Morgan fingerprint density at radius 1 is 0.276 bits per heavy atom. The highest BCUT2D eigenvalue weighted by molar-refractivity contribution is 7.47. The van der Waals surface area contributed by atoms with E-state index in [0.717, 1.165) is 114 Å². The summed E-state index contributed by atoms with van der Waals surface area (Å²) in [5, 5.41) is 10.7. The molecule has 3 N–H and O–H groups in total. The van der Waals surface area contributed by atoms with Crippen molar-refractivity contribution in [3.05, 3.63) is 0 Å². The maximum Gasteiger partial charge on any atom is 0.472 e. The van der Waals surface area contributed by atoms with E-state index >= 15 is 0 Å². The van der Waals surface area contributed by atoms with Crippen molar-refractivity contribution in [3.8, 4) is 0 Å². The molecule has 0 fully saturated rings. The van der Waals surface area contributed by atoms with Crippen molar-refractivity contribution in [2.24, 2.45) is 17.8 Å². The van der Waals surface area contributed by atoms with Crippen LogP contribution in [-0.2, 0) is 65.4 Å². The Labute approximate surface area is 645 Å². The lowest BCUT2D eigenvalue weighted by molar-refractivity contribution is -0.161. The van der Waals surface area contributed by atoms with Gasteiger partial charge in [-0.25, -0.2) is 9.13 Å². The summed E-state index contributed by atoms with van der Waals surface area (Å²) < 4.78 is 68.8. The maximum atomic E-state index is 13.1. The summed E-state index contributed by atoms with van der Waals surface area (Å²) in [6, 6.07) is 0. The molecule has 17 nitrogen and oxygen atoms in total. The van der Waals surface area contributed by atoms with Gasteiger partial charge >= 0.3 is 39.5 Å². The minimum Gasteiger partial charge on any atom is -0.462 e. The van der Waals surface area contributed by atoms with Gasteiger partial charge in [-0.05, 0) is 43.4 Å². The van der Waals surface area contributed by atoms with E-state index < -0.39 is 97.5 Å². The first-order valence-corrected chi connectivity index (χ1v) is 47.4. The number of hydrogen-bond donors (Lipinski definition) is 3. The number of rotatable bonds is 84. The van der Waals surface area contributed by atoms with Crippen LogP contribution in [0.5, 0.6) is 0 Å². The molecule has 0 spiro atoms. The van der Waals surface area contributed by atoms with Crippen LogP contribution in [0.4, 0.5) is 0 Å². The third-order valence-electron chi connectivity index (χ3n) is 20.5. The van der Waals surface area contributed by atoms with Gasteiger partial charge in [0, 0.05) is 25.7 Å². The Morgan fingerprint density at radius 3 is 0.724 bits per heavy atom. The molecule has 0 saturated carbocycles. The smallest absolute Gasteiger partial charge is 0.462 e. The molecular formula is C86H168O17P2. The van der Waals surface area contributed by atoms with Gasteiger partial charge in [0.1, 0.15) is 19.3 Å². The Morgan fingerprint density at radius 2 is 0.486 bits per heavy atom. The van der Waals surface area contributed by atoms with Gasteiger partial charge in [-0.3, -0.25) is 37.3 Å². The minimum absolute atomic E-state index is 0.108. The monoisotopic (exact) mass is 1540 g/mol. The molecule has 0 saturated heterocycles. The van der Waals surface area contributed by atoms with Crippen LogP contribution in [0.25, 0.3) is 0 Å². The molecule has 6 atom stereocenters. The van der Waals surface area contributed by atoms with Crippen molar-refractivity contribution in [1.82, 2.24) is 0 Å². The average molecular weight is 1540 g/mol. The van der Waals surface area contributed by atoms with Crippen LogP contribution in [0.3, 0.4) is 0 Å². The quantitative estimate of drug-likeness (QED) is 0.0222. The maximum absolute atomic E-state index is 13.1. The topological polar surface area (TPSA) is 237 Å². The van der Waals surface area contributed by atoms with E-state index in [4.69, 9.17) is 37.0 Å². The SMILES string of the molecule is CCCCCCCCCCC(=O)OC[C@H](COP(=O)(O)OC[C@H](O)COP(=O)(O)OC[C@@H](COC(=O)CCCCCCCCCCCCCCCCCC(C)C)OC(=O)CCCCCCCCCCCCCCCCCCCCC(C)C)OC(=O)CCCCCCCCCCCCCCCCC(C)CC. The molecule has 0 bridgehead atoms. The lowest BCUT2D eigenvalue weighted by atomic mass is 9.99. The number of ether oxygens (including phenoxy) is 4. The lowest BCUT2D eigenvalue weighted by Crippen LogP contribution is -2.30. The average Bonchev–Trinajstić information content (AvgIpc) is 0.914. The number of carbonyl (C=O) groups is 4. The molecular weight excluding hydrogens is 1370 g/mol. The van der Waals surface area contributed by atoms with Crippen molar-refractivity contribution in [1.29, 1.82) is 0 Å². The minimum atomic E-state index is -4.97. The highest BCUT2D eigenvalue weighted by atomic mass is 31.2. The number of aliphatic hydroxyl groups is 1. The molecule has 0 aromatic carbocycles. The highest BCUT2D eigenvalue weighted by Crippen LogP contribution is 2.45. The van der Waals surface area contributed by atoms with Gasteiger partial charge in [0.25, 0.3) is 0 Å². The van der Waals surface area contributed by atoms with E-state index in [1.807, 2.05) is 0 Å². The van der Waals surface area contributed by atoms with Gasteiger partial charge < -0.3 is 33.8 Å². The Balaban J connectivity index is 5.19. The summed E-state index contributed by atoms with van der Waals surface area (Å²) in [4.78, 5) is 73.1. The van der Waals surface area contributed by atoms with Gasteiger partial charge in [0.15, 0.2) is 12.2 Å². The molecule has 19 heteroatoms. The first-order valence-electron chi connectivity index (χ1n) is 44.4. The first-order chi connectivity index (χ1) is 50.8. The van der Waals surface area contributed by atoms with Gasteiger partial charge in [-0.15, -0.1) is 0 Å². The Kier molecular flexibility index (Phi) is 74.7. The fraction of sp³-hybridized carbons (Fsp3) is 0.953. The molecule has 0 aliphatic rings.